The van der Waals surface area contributed by atoms with Gasteiger partial charge in [0, 0.05) is 43.8 Å². The monoisotopic (exact) mass is 820 g/mol. The van der Waals surface area contributed by atoms with E-state index in [-0.39, 0.29) is 32.2 Å². The Morgan fingerprint density at radius 1 is 0.694 bits per heavy atom. The number of aryl methyl sites for hydroxylation is 2. The number of hydrogen-bond acceptors (Lipinski definition) is 5. The van der Waals surface area contributed by atoms with Crippen LogP contribution in [0, 0.1) is 19.9 Å². The van der Waals surface area contributed by atoms with Gasteiger partial charge in [0.2, 0.25) is 0 Å². The summed E-state index contributed by atoms with van der Waals surface area (Å²) in [4.78, 5) is 17.3. The van der Waals surface area contributed by atoms with Crippen LogP contribution in [0.3, 0.4) is 0 Å². The zero-order valence-electron chi connectivity index (χ0n) is 28.2. The van der Waals surface area contributed by atoms with E-state index in [4.69, 9.17) is 15.0 Å². The number of para-hydroxylation sites is 1. The van der Waals surface area contributed by atoms with E-state index in [1.165, 1.54) is 0 Å². The molecule has 0 atom stereocenters. The van der Waals surface area contributed by atoms with Crippen molar-refractivity contribution < 1.29 is 26.2 Å². The normalized spacial score (nSPS) is 11.3. The first-order valence-corrected chi connectivity index (χ1v) is 16.2. The molecule has 6 heteroatoms. The molecule has 2 aromatic heterocycles. The number of benzene rings is 5. The van der Waals surface area contributed by atoms with Crippen molar-refractivity contribution in [2.24, 2.45) is 0 Å². The van der Waals surface area contributed by atoms with Crippen molar-refractivity contribution >= 4 is 28.0 Å². The number of pyridine rings is 1. The Morgan fingerprint density at radius 3 is 2.10 bits per heavy atom. The number of fused-ring (bicyclic) bond motifs is 1. The smallest absolute Gasteiger partial charge is 0.136 e. The second-order valence-corrected chi connectivity index (χ2v) is 13.2. The van der Waals surface area contributed by atoms with Gasteiger partial charge in [-0.3, -0.25) is 9.97 Å². The van der Waals surface area contributed by atoms with Crippen molar-refractivity contribution in [1.82, 2.24) is 15.0 Å². The summed E-state index contributed by atoms with van der Waals surface area (Å²) in [7, 11) is 0. The van der Waals surface area contributed by atoms with Gasteiger partial charge in [0.15, 0.2) is 0 Å². The Morgan fingerprint density at radius 2 is 1.37 bits per heavy atom. The van der Waals surface area contributed by atoms with Crippen LogP contribution < -0.4 is 4.90 Å². The molecule has 0 bridgehead atoms. The zero-order chi connectivity index (χ0) is 33.4. The van der Waals surface area contributed by atoms with Gasteiger partial charge in [-0.05, 0) is 77.9 Å². The molecule has 5 aromatic carbocycles. The Balaban J connectivity index is 0.00000417. The van der Waals surface area contributed by atoms with Crippen molar-refractivity contribution in [3.63, 3.8) is 0 Å². The average Bonchev–Trinajstić information content (AvgIpc) is 3.08. The van der Waals surface area contributed by atoms with Crippen LogP contribution in [-0.2, 0) is 26.5 Å². The first-order valence-electron chi connectivity index (χ1n) is 16.2. The SMILES string of the molecule is Cc1cccc(C)c1-c1cc(-c2ccccc2O)nc(-c2[c-]c(N(c3ccccn3)c3cccc4ccccc34)cc(C(C)(C)C)c2)n1.[Pt]. The number of nitrogens with zero attached hydrogens (tertiary/aromatic N) is 4. The van der Waals surface area contributed by atoms with Crippen LogP contribution in [0.25, 0.3) is 44.7 Å². The van der Waals surface area contributed by atoms with E-state index >= 15 is 0 Å². The summed E-state index contributed by atoms with van der Waals surface area (Å²) < 4.78 is 0. The number of aromatic hydroxyl groups is 1. The van der Waals surface area contributed by atoms with Gasteiger partial charge in [-0.25, -0.2) is 4.98 Å². The van der Waals surface area contributed by atoms with Gasteiger partial charge in [-0.1, -0.05) is 93.6 Å². The number of anilines is 3. The van der Waals surface area contributed by atoms with E-state index in [1.54, 1.807) is 6.07 Å². The molecule has 5 nitrogen and oxygen atoms in total. The van der Waals surface area contributed by atoms with Crippen LogP contribution in [0.15, 0.2) is 128 Å². The minimum Gasteiger partial charge on any atom is -0.507 e. The van der Waals surface area contributed by atoms with Crippen LogP contribution in [0.5, 0.6) is 5.75 Å². The van der Waals surface area contributed by atoms with E-state index in [9.17, 15) is 5.11 Å². The summed E-state index contributed by atoms with van der Waals surface area (Å²) in [5.74, 6) is 1.47. The Hall–Kier alpha value is -5.12. The predicted molar refractivity (Wildman–Crippen MR) is 197 cm³/mol. The van der Waals surface area contributed by atoms with Crippen molar-refractivity contribution in [2.45, 2.75) is 40.0 Å². The number of aromatic nitrogens is 3. The van der Waals surface area contributed by atoms with E-state index in [2.05, 4.69) is 118 Å². The quantitative estimate of drug-likeness (QED) is 0.169. The second kappa shape index (κ2) is 13.8. The van der Waals surface area contributed by atoms with Crippen molar-refractivity contribution in [2.75, 3.05) is 4.90 Å². The molecule has 0 aliphatic rings. The van der Waals surface area contributed by atoms with E-state index < -0.39 is 0 Å². The van der Waals surface area contributed by atoms with Crippen molar-refractivity contribution in [3.8, 4) is 39.7 Å². The molecule has 2 heterocycles. The van der Waals surface area contributed by atoms with Gasteiger partial charge in [0.1, 0.15) is 11.6 Å². The third-order valence-electron chi connectivity index (χ3n) is 8.73. The molecule has 49 heavy (non-hydrogen) atoms. The fraction of sp³-hybridized carbons (Fsp3) is 0.140. The van der Waals surface area contributed by atoms with Gasteiger partial charge < -0.3 is 10.0 Å². The number of rotatable bonds is 6. The molecule has 0 aliphatic heterocycles. The summed E-state index contributed by atoms with van der Waals surface area (Å²) >= 11 is 0. The van der Waals surface area contributed by atoms with Crippen LogP contribution in [-0.4, -0.2) is 20.1 Å². The maximum absolute atomic E-state index is 10.9. The molecule has 0 saturated carbocycles. The minimum absolute atomic E-state index is 0. The molecule has 1 N–H and O–H groups in total. The molecule has 0 radical (unpaired) electrons. The molecule has 7 rings (SSSR count). The molecular formula is C43H37N4OPt-. The van der Waals surface area contributed by atoms with Crippen LogP contribution in [0.1, 0.15) is 37.5 Å². The Labute approximate surface area is 302 Å². The summed E-state index contributed by atoms with van der Waals surface area (Å²) in [5.41, 5.74) is 8.86. The molecule has 0 fully saturated rings. The standard InChI is InChI=1S/C43H37N4O.Pt/c1-28-14-12-15-29(2)41(28)37-27-36(35-19-8-9-21-39(35)48)45-42(46-37)31-24-32(43(3,4)5)26-33(25-31)47(40-22-10-11-23-44-40)38-20-13-17-30-16-6-7-18-34(30)38;/h6-24,26-27,48H,1-5H3;/q-1;. The molecule has 0 amide bonds. The van der Waals surface area contributed by atoms with Crippen LogP contribution in [0.2, 0.25) is 0 Å². The summed E-state index contributed by atoms with van der Waals surface area (Å²) in [6.45, 7) is 10.8. The first kappa shape index (κ1) is 33.8. The summed E-state index contributed by atoms with van der Waals surface area (Å²) in [6, 6.07) is 44.3. The summed E-state index contributed by atoms with van der Waals surface area (Å²) in [6.07, 6.45) is 1.82. The van der Waals surface area contributed by atoms with Gasteiger partial charge in [0.05, 0.1) is 22.9 Å². The van der Waals surface area contributed by atoms with E-state index in [0.717, 1.165) is 61.5 Å². The van der Waals surface area contributed by atoms with Crippen molar-refractivity contribution in [1.29, 1.82) is 0 Å². The fourth-order valence-electron chi connectivity index (χ4n) is 6.24. The topological polar surface area (TPSA) is 62.1 Å². The van der Waals surface area contributed by atoms with Crippen LogP contribution in [0.4, 0.5) is 17.2 Å². The Kier molecular flexibility index (Phi) is 9.49. The van der Waals surface area contributed by atoms with Gasteiger partial charge in [-0.2, -0.15) is 0 Å². The van der Waals surface area contributed by atoms with Gasteiger partial charge in [0.25, 0.3) is 0 Å². The molecule has 0 unspecified atom stereocenters. The molecule has 7 aromatic rings. The average molecular weight is 821 g/mol. The van der Waals surface area contributed by atoms with Crippen molar-refractivity contribution in [3.05, 3.63) is 150 Å². The first-order chi connectivity index (χ1) is 23.2. The molecule has 246 valence electrons. The minimum atomic E-state index is -0.197. The van der Waals surface area contributed by atoms with Crippen LogP contribution >= 0.6 is 0 Å². The molecular weight excluding hydrogens is 784 g/mol. The van der Waals surface area contributed by atoms with Gasteiger partial charge >= 0.3 is 0 Å². The number of phenols is 1. The summed E-state index contributed by atoms with van der Waals surface area (Å²) in [5, 5.41) is 13.2. The maximum atomic E-state index is 10.9. The number of phenolic OH excluding ortho intramolecular Hbond substituents is 1. The van der Waals surface area contributed by atoms with Gasteiger partial charge in [-0.15, -0.1) is 29.3 Å². The van der Waals surface area contributed by atoms with E-state index in [0.29, 0.717) is 17.1 Å². The third kappa shape index (κ3) is 6.77. The Bertz CT molecular complexity index is 2250. The second-order valence-electron chi connectivity index (χ2n) is 13.2. The molecule has 0 aliphatic carbocycles. The predicted octanol–water partition coefficient (Wildman–Crippen LogP) is 10.9. The maximum Gasteiger partial charge on any atom is 0.136 e. The van der Waals surface area contributed by atoms with E-state index in [1.807, 2.05) is 48.7 Å². The third-order valence-corrected chi connectivity index (χ3v) is 8.73. The molecule has 0 saturated heterocycles. The largest absolute Gasteiger partial charge is 0.507 e. The molecule has 0 spiro atoms. The zero-order valence-corrected chi connectivity index (χ0v) is 30.4. The number of hydrogen-bond donors (Lipinski definition) is 1. The fourth-order valence-corrected chi connectivity index (χ4v) is 6.24.